The molecular formula is C14H15NO2S. The number of benzene rings is 1. The Labute approximate surface area is 110 Å². The largest absolute Gasteiger partial charge is 0.508 e. The number of nitrogens with zero attached hydrogens (tertiary/aromatic N) is 1. The molecule has 1 heterocycles. The van der Waals surface area contributed by atoms with E-state index in [2.05, 4.69) is 0 Å². The molecule has 1 aromatic heterocycles. The summed E-state index contributed by atoms with van der Waals surface area (Å²) in [5, 5.41) is 9.37. The molecule has 0 aliphatic heterocycles. The summed E-state index contributed by atoms with van der Waals surface area (Å²) in [6.07, 6.45) is 2.02. The smallest absolute Gasteiger partial charge is 0.254 e. The zero-order valence-corrected chi connectivity index (χ0v) is 11.2. The van der Waals surface area contributed by atoms with E-state index in [-0.39, 0.29) is 11.3 Å². The van der Waals surface area contributed by atoms with Crippen LogP contribution in [-0.2, 0) is 6.54 Å². The second-order valence-corrected chi connectivity index (χ2v) is 4.94. The summed E-state index contributed by atoms with van der Waals surface area (Å²) < 4.78 is 1.66. The molecule has 2 rings (SSSR count). The highest BCUT2D eigenvalue weighted by molar-refractivity contribution is 7.98. The Hall–Kier alpha value is -1.68. The third kappa shape index (κ3) is 2.59. The van der Waals surface area contributed by atoms with Crippen LogP contribution in [0.3, 0.4) is 0 Å². The molecule has 1 aromatic carbocycles. The van der Waals surface area contributed by atoms with Gasteiger partial charge < -0.3 is 9.67 Å². The van der Waals surface area contributed by atoms with Crippen LogP contribution in [0.2, 0.25) is 0 Å². The van der Waals surface area contributed by atoms with Gasteiger partial charge in [-0.1, -0.05) is 18.2 Å². The quantitative estimate of drug-likeness (QED) is 0.864. The van der Waals surface area contributed by atoms with Crippen molar-refractivity contribution in [3.05, 3.63) is 58.0 Å². The minimum Gasteiger partial charge on any atom is -0.508 e. The standard InChI is InChI=1S/C14H15NO2S/c1-10-7-12(16)8-14(17)15(10)9-11-5-3-4-6-13(11)18-2/h3-8,16H,9H2,1-2H3. The van der Waals surface area contributed by atoms with Crippen molar-refractivity contribution in [1.29, 1.82) is 0 Å². The lowest BCUT2D eigenvalue weighted by atomic mass is 10.2. The van der Waals surface area contributed by atoms with E-state index in [0.717, 1.165) is 16.2 Å². The van der Waals surface area contributed by atoms with Crippen LogP contribution in [-0.4, -0.2) is 15.9 Å². The molecule has 0 bridgehead atoms. The maximum absolute atomic E-state index is 11.9. The monoisotopic (exact) mass is 261 g/mol. The first kappa shape index (κ1) is 12.8. The molecule has 0 spiro atoms. The van der Waals surface area contributed by atoms with Crippen molar-refractivity contribution in [3.8, 4) is 5.75 Å². The van der Waals surface area contributed by atoms with Crippen molar-refractivity contribution >= 4 is 11.8 Å². The predicted molar refractivity (Wildman–Crippen MR) is 74.4 cm³/mol. The van der Waals surface area contributed by atoms with E-state index in [1.807, 2.05) is 37.4 Å². The molecule has 0 radical (unpaired) electrons. The van der Waals surface area contributed by atoms with E-state index < -0.39 is 0 Å². The van der Waals surface area contributed by atoms with Gasteiger partial charge >= 0.3 is 0 Å². The molecule has 0 unspecified atom stereocenters. The van der Waals surface area contributed by atoms with Gasteiger partial charge in [0.15, 0.2) is 0 Å². The van der Waals surface area contributed by atoms with Gasteiger partial charge in [-0.15, -0.1) is 11.8 Å². The lowest BCUT2D eigenvalue weighted by molar-refractivity contribution is 0.470. The highest BCUT2D eigenvalue weighted by Gasteiger charge is 2.06. The second kappa shape index (κ2) is 5.31. The second-order valence-electron chi connectivity index (χ2n) is 4.09. The van der Waals surface area contributed by atoms with Gasteiger partial charge in [0.05, 0.1) is 6.54 Å². The summed E-state index contributed by atoms with van der Waals surface area (Å²) in [4.78, 5) is 13.0. The zero-order chi connectivity index (χ0) is 13.1. The minimum atomic E-state index is -0.177. The Morgan fingerprint density at radius 1 is 1.28 bits per heavy atom. The average molecular weight is 261 g/mol. The van der Waals surface area contributed by atoms with Crippen LogP contribution in [0.4, 0.5) is 0 Å². The number of hydrogen-bond donors (Lipinski definition) is 1. The maximum Gasteiger partial charge on any atom is 0.254 e. The first-order chi connectivity index (χ1) is 8.61. The Kier molecular flexibility index (Phi) is 3.77. The average Bonchev–Trinajstić information content (AvgIpc) is 2.34. The number of rotatable bonds is 3. The van der Waals surface area contributed by atoms with E-state index in [1.165, 1.54) is 6.07 Å². The van der Waals surface area contributed by atoms with E-state index in [1.54, 1.807) is 22.4 Å². The molecule has 94 valence electrons. The molecule has 1 N–H and O–H groups in total. The van der Waals surface area contributed by atoms with Gasteiger partial charge in [0.2, 0.25) is 0 Å². The van der Waals surface area contributed by atoms with Crippen LogP contribution >= 0.6 is 11.8 Å². The Bertz CT molecular complexity index is 619. The number of aryl methyl sites for hydroxylation is 1. The molecule has 0 aliphatic carbocycles. The fourth-order valence-corrected chi connectivity index (χ4v) is 2.53. The topological polar surface area (TPSA) is 42.2 Å². The third-order valence-electron chi connectivity index (χ3n) is 2.84. The molecule has 0 amide bonds. The fraction of sp³-hybridized carbons (Fsp3) is 0.214. The fourth-order valence-electron chi connectivity index (χ4n) is 1.92. The highest BCUT2D eigenvalue weighted by atomic mass is 32.2. The van der Waals surface area contributed by atoms with Gasteiger partial charge in [0, 0.05) is 16.7 Å². The summed E-state index contributed by atoms with van der Waals surface area (Å²) in [6.45, 7) is 2.35. The lowest BCUT2D eigenvalue weighted by Gasteiger charge is -2.12. The Morgan fingerprint density at radius 2 is 2.00 bits per heavy atom. The van der Waals surface area contributed by atoms with Crippen LogP contribution in [0.1, 0.15) is 11.3 Å². The lowest BCUT2D eigenvalue weighted by Crippen LogP contribution is -2.21. The van der Waals surface area contributed by atoms with Gasteiger partial charge in [-0.05, 0) is 30.9 Å². The van der Waals surface area contributed by atoms with Gasteiger partial charge in [0.1, 0.15) is 5.75 Å². The van der Waals surface area contributed by atoms with Gasteiger partial charge in [-0.3, -0.25) is 4.79 Å². The van der Waals surface area contributed by atoms with Crippen LogP contribution in [0.25, 0.3) is 0 Å². The summed E-state index contributed by atoms with van der Waals surface area (Å²) in [6, 6.07) is 10.9. The van der Waals surface area contributed by atoms with Crippen LogP contribution in [0.15, 0.2) is 46.1 Å². The van der Waals surface area contributed by atoms with Crippen molar-refractivity contribution in [3.63, 3.8) is 0 Å². The molecule has 3 nitrogen and oxygen atoms in total. The zero-order valence-electron chi connectivity index (χ0n) is 10.4. The van der Waals surface area contributed by atoms with E-state index in [4.69, 9.17) is 0 Å². The molecule has 0 aliphatic rings. The molecule has 2 aromatic rings. The highest BCUT2D eigenvalue weighted by Crippen LogP contribution is 2.21. The first-order valence-electron chi connectivity index (χ1n) is 5.64. The molecular weight excluding hydrogens is 246 g/mol. The van der Waals surface area contributed by atoms with Crippen molar-refractivity contribution < 1.29 is 5.11 Å². The molecule has 0 fully saturated rings. The summed E-state index contributed by atoms with van der Waals surface area (Å²) in [7, 11) is 0. The molecule has 0 saturated carbocycles. The summed E-state index contributed by atoms with van der Waals surface area (Å²) in [5.41, 5.74) is 1.69. The van der Waals surface area contributed by atoms with Crippen molar-refractivity contribution in [2.24, 2.45) is 0 Å². The van der Waals surface area contributed by atoms with E-state index in [9.17, 15) is 9.90 Å². The predicted octanol–water partition coefficient (Wildman–Crippen LogP) is 2.63. The maximum atomic E-state index is 11.9. The number of thioether (sulfide) groups is 1. The van der Waals surface area contributed by atoms with Crippen LogP contribution in [0, 0.1) is 6.92 Å². The number of aromatic nitrogens is 1. The van der Waals surface area contributed by atoms with E-state index >= 15 is 0 Å². The Balaban J connectivity index is 2.43. The summed E-state index contributed by atoms with van der Waals surface area (Å²) in [5.74, 6) is 0.0203. The van der Waals surface area contributed by atoms with Crippen molar-refractivity contribution in [2.75, 3.05) is 6.26 Å². The minimum absolute atomic E-state index is 0.0203. The first-order valence-corrected chi connectivity index (χ1v) is 6.86. The van der Waals surface area contributed by atoms with Crippen LogP contribution in [0.5, 0.6) is 5.75 Å². The van der Waals surface area contributed by atoms with E-state index in [0.29, 0.717) is 6.54 Å². The molecule has 0 saturated heterocycles. The molecule has 4 heteroatoms. The molecule has 18 heavy (non-hydrogen) atoms. The SMILES string of the molecule is CSc1ccccc1Cn1c(C)cc(O)cc1=O. The van der Waals surface area contributed by atoms with Gasteiger partial charge in [-0.25, -0.2) is 0 Å². The molecule has 0 atom stereocenters. The van der Waals surface area contributed by atoms with Crippen molar-refractivity contribution in [2.45, 2.75) is 18.4 Å². The normalized spacial score (nSPS) is 10.6. The van der Waals surface area contributed by atoms with Crippen molar-refractivity contribution in [1.82, 2.24) is 4.57 Å². The van der Waals surface area contributed by atoms with Crippen LogP contribution < -0.4 is 5.56 Å². The Morgan fingerprint density at radius 3 is 2.67 bits per heavy atom. The number of pyridine rings is 1. The van der Waals surface area contributed by atoms with Gasteiger partial charge in [0.25, 0.3) is 5.56 Å². The number of aromatic hydroxyl groups is 1. The van der Waals surface area contributed by atoms with Gasteiger partial charge in [-0.2, -0.15) is 0 Å². The number of hydrogen-bond acceptors (Lipinski definition) is 3. The summed E-state index contributed by atoms with van der Waals surface area (Å²) >= 11 is 1.66. The third-order valence-corrected chi connectivity index (χ3v) is 3.68.